The molecule has 0 spiro atoms. The molecule has 0 fully saturated rings. The quantitative estimate of drug-likeness (QED) is 0.645. The molecule has 2 aromatic carbocycles. The molecule has 1 atom stereocenters. The Morgan fingerprint density at radius 3 is 2.68 bits per heavy atom. The van der Waals surface area contributed by atoms with Crippen LogP contribution in [0.1, 0.15) is 29.5 Å². The molecule has 0 unspecified atom stereocenters. The molecule has 0 bridgehead atoms. The van der Waals surface area contributed by atoms with Crippen molar-refractivity contribution in [2.45, 2.75) is 40.3 Å². The van der Waals surface area contributed by atoms with Gasteiger partial charge in [0.05, 0.1) is 6.54 Å². The molecular formula is C22H25N3O3. The van der Waals surface area contributed by atoms with Crippen LogP contribution >= 0.6 is 0 Å². The standard InChI is InChI=1S/C22H25N3O3/c1-14-8-6-10-18(12-14)21-23-20(28-24-21)13-25(5)22(26)17(4)27-19-11-7-9-15(2)16(19)3/h6-12,17H,13H2,1-5H3/t17-/m0/s1. The number of aromatic nitrogens is 2. The fraction of sp³-hybridized carbons (Fsp3) is 0.318. The number of carbonyl (C=O) groups is 1. The number of hydrogen-bond acceptors (Lipinski definition) is 5. The molecule has 0 saturated heterocycles. The van der Waals surface area contributed by atoms with Crippen LogP contribution < -0.4 is 4.74 Å². The Labute approximate surface area is 165 Å². The Hall–Kier alpha value is -3.15. The van der Waals surface area contributed by atoms with Crippen LogP contribution in [0, 0.1) is 20.8 Å². The van der Waals surface area contributed by atoms with E-state index < -0.39 is 6.10 Å². The number of carbonyl (C=O) groups excluding carboxylic acids is 1. The van der Waals surface area contributed by atoms with Gasteiger partial charge in [-0.15, -0.1) is 0 Å². The molecule has 1 heterocycles. The Kier molecular flexibility index (Phi) is 5.78. The van der Waals surface area contributed by atoms with Gasteiger partial charge in [-0.05, 0) is 51.0 Å². The summed E-state index contributed by atoms with van der Waals surface area (Å²) in [5.41, 5.74) is 4.16. The van der Waals surface area contributed by atoms with E-state index in [1.807, 2.05) is 63.2 Å². The zero-order valence-electron chi connectivity index (χ0n) is 16.9. The molecule has 0 N–H and O–H groups in total. The summed E-state index contributed by atoms with van der Waals surface area (Å²) in [6.07, 6.45) is -0.621. The van der Waals surface area contributed by atoms with E-state index in [1.165, 1.54) is 4.90 Å². The zero-order valence-corrected chi connectivity index (χ0v) is 16.9. The van der Waals surface area contributed by atoms with Crippen LogP contribution in [0.25, 0.3) is 11.4 Å². The summed E-state index contributed by atoms with van der Waals surface area (Å²) in [5, 5.41) is 4.02. The summed E-state index contributed by atoms with van der Waals surface area (Å²) in [6.45, 7) is 7.97. The number of likely N-dealkylation sites (N-methyl/N-ethyl adjacent to an activating group) is 1. The third-order valence-electron chi connectivity index (χ3n) is 4.70. The number of aryl methyl sites for hydroxylation is 2. The molecule has 3 aromatic rings. The molecule has 6 nitrogen and oxygen atoms in total. The summed E-state index contributed by atoms with van der Waals surface area (Å²) in [6, 6.07) is 13.7. The van der Waals surface area contributed by atoms with Crippen LogP contribution in [0.2, 0.25) is 0 Å². The van der Waals surface area contributed by atoms with E-state index in [2.05, 4.69) is 10.1 Å². The number of ether oxygens (including phenoxy) is 1. The van der Waals surface area contributed by atoms with Crippen LogP contribution in [0.5, 0.6) is 5.75 Å². The number of rotatable bonds is 6. The fourth-order valence-electron chi connectivity index (χ4n) is 2.90. The molecule has 0 radical (unpaired) electrons. The van der Waals surface area contributed by atoms with Gasteiger partial charge in [-0.25, -0.2) is 0 Å². The first-order valence-electron chi connectivity index (χ1n) is 9.22. The second-order valence-corrected chi connectivity index (χ2v) is 7.03. The molecule has 0 saturated carbocycles. The predicted octanol–water partition coefficient (Wildman–Crippen LogP) is 4.09. The number of hydrogen-bond donors (Lipinski definition) is 0. The summed E-state index contributed by atoms with van der Waals surface area (Å²) < 4.78 is 11.2. The van der Waals surface area contributed by atoms with Gasteiger partial charge in [-0.1, -0.05) is 41.1 Å². The molecule has 1 aromatic heterocycles. The third kappa shape index (κ3) is 4.39. The van der Waals surface area contributed by atoms with Gasteiger partial charge < -0.3 is 14.2 Å². The van der Waals surface area contributed by atoms with E-state index in [-0.39, 0.29) is 12.5 Å². The van der Waals surface area contributed by atoms with Gasteiger partial charge in [0, 0.05) is 12.6 Å². The largest absolute Gasteiger partial charge is 0.481 e. The van der Waals surface area contributed by atoms with Crippen LogP contribution in [-0.2, 0) is 11.3 Å². The molecule has 0 aliphatic heterocycles. The molecule has 0 aliphatic rings. The van der Waals surface area contributed by atoms with Gasteiger partial charge in [-0.3, -0.25) is 4.79 Å². The van der Waals surface area contributed by atoms with Crippen LogP contribution in [-0.4, -0.2) is 34.1 Å². The van der Waals surface area contributed by atoms with Gasteiger partial charge in [-0.2, -0.15) is 4.98 Å². The first-order chi connectivity index (χ1) is 13.3. The summed E-state index contributed by atoms with van der Waals surface area (Å²) in [5.74, 6) is 1.45. The van der Waals surface area contributed by atoms with E-state index in [0.717, 1.165) is 22.3 Å². The molecular weight excluding hydrogens is 354 g/mol. The molecule has 6 heteroatoms. The Morgan fingerprint density at radius 2 is 1.93 bits per heavy atom. The van der Waals surface area contributed by atoms with Crippen molar-refractivity contribution in [3.05, 3.63) is 65.0 Å². The highest BCUT2D eigenvalue weighted by atomic mass is 16.5. The fourth-order valence-corrected chi connectivity index (χ4v) is 2.90. The lowest BCUT2D eigenvalue weighted by Crippen LogP contribution is -2.37. The second kappa shape index (κ2) is 8.25. The highest BCUT2D eigenvalue weighted by molar-refractivity contribution is 5.80. The lowest BCUT2D eigenvalue weighted by atomic mass is 10.1. The van der Waals surface area contributed by atoms with Crippen molar-refractivity contribution in [2.24, 2.45) is 0 Å². The Balaban J connectivity index is 1.65. The number of nitrogens with zero attached hydrogens (tertiary/aromatic N) is 3. The average Bonchev–Trinajstić information content (AvgIpc) is 3.13. The lowest BCUT2D eigenvalue weighted by Gasteiger charge is -2.21. The maximum Gasteiger partial charge on any atom is 0.263 e. The van der Waals surface area contributed by atoms with Gasteiger partial charge in [0.2, 0.25) is 11.7 Å². The van der Waals surface area contributed by atoms with Crippen LogP contribution in [0.3, 0.4) is 0 Å². The first-order valence-corrected chi connectivity index (χ1v) is 9.22. The first kappa shape index (κ1) is 19.6. The van der Waals surface area contributed by atoms with Crippen LogP contribution in [0.15, 0.2) is 47.0 Å². The number of amides is 1. The summed E-state index contributed by atoms with van der Waals surface area (Å²) >= 11 is 0. The van der Waals surface area contributed by atoms with Crippen molar-refractivity contribution in [2.75, 3.05) is 7.05 Å². The number of benzene rings is 2. The van der Waals surface area contributed by atoms with E-state index >= 15 is 0 Å². The Bertz CT molecular complexity index is 981. The maximum atomic E-state index is 12.7. The van der Waals surface area contributed by atoms with Crippen molar-refractivity contribution in [1.29, 1.82) is 0 Å². The van der Waals surface area contributed by atoms with Gasteiger partial charge in [0.15, 0.2) is 6.10 Å². The summed E-state index contributed by atoms with van der Waals surface area (Å²) in [7, 11) is 1.70. The Morgan fingerprint density at radius 1 is 1.18 bits per heavy atom. The SMILES string of the molecule is Cc1cccc(-c2noc(CN(C)C(=O)[C@H](C)Oc3cccc(C)c3C)n2)c1. The average molecular weight is 379 g/mol. The minimum Gasteiger partial charge on any atom is -0.481 e. The molecule has 0 aliphatic carbocycles. The topological polar surface area (TPSA) is 68.5 Å². The van der Waals surface area contributed by atoms with Gasteiger partial charge in [0.1, 0.15) is 5.75 Å². The molecule has 3 rings (SSSR count). The molecule has 28 heavy (non-hydrogen) atoms. The minimum atomic E-state index is -0.621. The normalized spacial score (nSPS) is 11.9. The maximum absolute atomic E-state index is 12.7. The third-order valence-corrected chi connectivity index (χ3v) is 4.70. The van der Waals surface area contributed by atoms with Crippen molar-refractivity contribution in [3.63, 3.8) is 0 Å². The minimum absolute atomic E-state index is 0.156. The lowest BCUT2D eigenvalue weighted by molar-refractivity contribution is -0.137. The smallest absolute Gasteiger partial charge is 0.263 e. The van der Waals surface area contributed by atoms with Crippen molar-refractivity contribution in [1.82, 2.24) is 15.0 Å². The van der Waals surface area contributed by atoms with E-state index in [1.54, 1.807) is 14.0 Å². The highest BCUT2D eigenvalue weighted by Crippen LogP contribution is 2.22. The molecule has 1 amide bonds. The van der Waals surface area contributed by atoms with Gasteiger partial charge in [0.25, 0.3) is 5.91 Å². The highest BCUT2D eigenvalue weighted by Gasteiger charge is 2.22. The predicted molar refractivity (Wildman–Crippen MR) is 107 cm³/mol. The summed E-state index contributed by atoms with van der Waals surface area (Å²) in [4.78, 5) is 18.6. The van der Waals surface area contributed by atoms with E-state index in [9.17, 15) is 4.79 Å². The van der Waals surface area contributed by atoms with Crippen molar-refractivity contribution < 1.29 is 14.1 Å². The molecule has 146 valence electrons. The monoisotopic (exact) mass is 379 g/mol. The zero-order chi connectivity index (χ0) is 20.3. The van der Waals surface area contributed by atoms with Gasteiger partial charge >= 0.3 is 0 Å². The van der Waals surface area contributed by atoms with Crippen LogP contribution in [0.4, 0.5) is 0 Å². The van der Waals surface area contributed by atoms with Crippen molar-refractivity contribution in [3.8, 4) is 17.1 Å². The van der Waals surface area contributed by atoms with E-state index in [0.29, 0.717) is 17.5 Å². The van der Waals surface area contributed by atoms with Crippen molar-refractivity contribution >= 4 is 5.91 Å². The van der Waals surface area contributed by atoms with E-state index in [4.69, 9.17) is 9.26 Å². The second-order valence-electron chi connectivity index (χ2n) is 7.03.